The molecule has 3 heteroatoms. The lowest BCUT2D eigenvalue weighted by Gasteiger charge is -2.40. The van der Waals surface area contributed by atoms with Crippen LogP contribution < -0.4 is 0 Å². The van der Waals surface area contributed by atoms with Gasteiger partial charge in [-0.2, -0.15) is 5.26 Å². The molecule has 84 valence electrons. The average Bonchev–Trinajstić information content (AvgIpc) is 2.18. The number of carbonyl (C=O) groups excluding carboxylic acids is 1. The van der Waals surface area contributed by atoms with E-state index in [2.05, 4.69) is 13.0 Å². The van der Waals surface area contributed by atoms with Crippen LogP contribution in [0.5, 0.6) is 0 Å². The third-order valence-corrected chi connectivity index (χ3v) is 3.55. The van der Waals surface area contributed by atoms with Gasteiger partial charge >= 0.3 is 0 Å². The molecule has 0 aromatic carbocycles. The standard InChI is InChI=1S/C12H20N2O/c1-4-10(3)14(5-2)11(15)12(9-13)7-6-8-12/h10H,4-8H2,1-3H3. The summed E-state index contributed by atoms with van der Waals surface area (Å²) in [6.07, 6.45) is 3.45. The van der Waals surface area contributed by atoms with E-state index in [0.717, 1.165) is 25.7 Å². The molecule has 1 rings (SSSR count). The van der Waals surface area contributed by atoms with Crippen LogP contribution in [0, 0.1) is 16.7 Å². The summed E-state index contributed by atoms with van der Waals surface area (Å²) >= 11 is 0. The maximum Gasteiger partial charge on any atom is 0.243 e. The van der Waals surface area contributed by atoms with Crippen LogP contribution >= 0.6 is 0 Å². The van der Waals surface area contributed by atoms with Crippen LogP contribution in [0.2, 0.25) is 0 Å². The van der Waals surface area contributed by atoms with Crippen molar-refractivity contribution in [1.82, 2.24) is 4.90 Å². The molecule has 1 saturated carbocycles. The second-order valence-electron chi connectivity index (χ2n) is 4.40. The van der Waals surface area contributed by atoms with Gasteiger partial charge in [0.2, 0.25) is 5.91 Å². The highest BCUT2D eigenvalue weighted by Crippen LogP contribution is 2.42. The predicted octanol–water partition coefficient (Wildman–Crippen LogP) is 2.33. The Bertz CT molecular complexity index is 276. The van der Waals surface area contributed by atoms with E-state index in [1.165, 1.54) is 0 Å². The molecule has 0 spiro atoms. The molecular weight excluding hydrogens is 188 g/mol. The molecular formula is C12H20N2O. The lowest BCUT2D eigenvalue weighted by atomic mass is 9.69. The van der Waals surface area contributed by atoms with Gasteiger partial charge in [0, 0.05) is 12.6 Å². The Hall–Kier alpha value is -1.04. The lowest BCUT2D eigenvalue weighted by Crippen LogP contribution is -2.50. The number of hydrogen-bond acceptors (Lipinski definition) is 2. The molecule has 1 aliphatic rings. The molecule has 0 N–H and O–H groups in total. The highest BCUT2D eigenvalue weighted by Gasteiger charge is 2.47. The maximum atomic E-state index is 12.2. The number of rotatable bonds is 4. The van der Waals surface area contributed by atoms with Crippen LogP contribution in [0.1, 0.15) is 46.5 Å². The fraction of sp³-hybridized carbons (Fsp3) is 0.833. The van der Waals surface area contributed by atoms with Crippen molar-refractivity contribution in [3.05, 3.63) is 0 Å². The van der Waals surface area contributed by atoms with Crippen molar-refractivity contribution in [2.45, 2.75) is 52.5 Å². The van der Waals surface area contributed by atoms with Crippen molar-refractivity contribution < 1.29 is 4.79 Å². The minimum absolute atomic E-state index is 0.0492. The van der Waals surface area contributed by atoms with E-state index in [1.54, 1.807) is 0 Å². The van der Waals surface area contributed by atoms with Gasteiger partial charge in [0.25, 0.3) is 0 Å². The number of nitriles is 1. The van der Waals surface area contributed by atoms with Gasteiger partial charge in [0.1, 0.15) is 5.41 Å². The van der Waals surface area contributed by atoms with Gasteiger partial charge in [-0.15, -0.1) is 0 Å². The second-order valence-corrected chi connectivity index (χ2v) is 4.40. The Kier molecular flexibility index (Phi) is 3.73. The quantitative estimate of drug-likeness (QED) is 0.711. The molecule has 15 heavy (non-hydrogen) atoms. The lowest BCUT2D eigenvalue weighted by molar-refractivity contribution is -0.144. The van der Waals surface area contributed by atoms with Crippen LogP contribution in [0.15, 0.2) is 0 Å². The number of hydrogen-bond donors (Lipinski definition) is 0. The zero-order valence-electron chi connectivity index (χ0n) is 9.92. The molecule has 0 bridgehead atoms. The third kappa shape index (κ3) is 1.99. The van der Waals surface area contributed by atoms with Gasteiger partial charge < -0.3 is 4.90 Å². The van der Waals surface area contributed by atoms with Gasteiger partial charge in [-0.05, 0) is 39.5 Å². The van der Waals surface area contributed by atoms with E-state index in [0.29, 0.717) is 6.54 Å². The van der Waals surface area contributed by atoms with Crippen LogP contribution in [-0.4, -0.2) is 23.4 Å². The molecule has 3 nitrogen and oxygen atoms in total. The van der Waals surface area contributed by atoms with E-state index in [4.69, 9.17) is 5.26 Å². The van der Waals surface area contributed by atoms with E-state index < -0.39 is 5.41 Å². The minimum Gasteiger partial charge on any atom is -0.339 e. The van der Waals surface area contributed by atoms with Crippen LogP contribution in [0.25, 0.3) is 0 Å². The largest absolute Gasteiger partial charge is 0.339 e. The Morgan fingerprint density at radius 1 is 1.53 bits per heavy atom. The molecule has 1 atom stereocenters. The Labute approximate surface area is 92.1 Å². The van der Waals surface area contributed by atoms with Gasteiger partial charge in [-0.1, -0.05) is 6.92 Å². The fourth-order valence-corrected chi connectivity index (χ4v) is 2.05. The Morgan fingerprint density at radius 3 is 2.40 bits per heavy atom. The van der Waals surface area contributed by atoms with Gasteiger partial charge in [0.05, 0.1) is 6.07 Å². The summed E-state index contributed by atoms with van der Waals surface area (Å²) in [5.41, 5.74) is -0.681. The zero-order chi connectivity index (χ0) is 11.5. The Morgan fingerprint density at radius 2 is 2.13 bits per heavy atom. The molecule has 0 aliphatic heterocycles. The maximum absolute atomic E-state index is 12.2. The fourth-order valence-electron chi connectivity index (χ4n) is 2.05. The first-order valence-electron chi connectivity index (χ1n) is 5.83. The van der Waals surface area contributed by atoms with Crippen molar-refractivity contribution in [3.8, 4) is 6.07 Å². The number of carbonyl (C=O) groups is 1. The monoisotopic (exact) mass is 208 g/mol. The normalized spacial score (nSPS) is 19.9. The van der Waals surface area contributed by atoms with E-state index >= 15 is 0 Å². The molecule has 0 radical (unpaired) electrons. The molecule has 0 aromatic rings. The van der Waals surface area contributed by atoms with Crippen molar-refractivity contribution in [2.75, 3.05) is 6.54 Å². The number of amides is 1. The van der Waals surface area contributed by atoms with Crippen molar-refractivity contribution in [1.29, 1.82) is 5.26 Å². The first kappa shape index (κ1) is 12.0. The van der Waals surface area contributed by atoms with Gasteiger partial charge in [-0.3, -0.25) is 4.79 Å². The molecule has 1 fully saturated rings. The van der Waals surface area contributed by atoms with Crippen LogP contribution in [-0.2, 0) is 4.79 Å². The van der Waals surface area contributed by atoms with E-state index in [-0.39, 0.29) is 11.9 Å². The number of nitrogens with zero attached hydrogens (tertiary/aromatic N) is 2. The Balaban J connectivity index is 2.77. The summed E-state index contributed by atoms with van der Waals surface area (Å²) in [5.74, 6) is 0.0492. The summed E-state index contributed by atoms with van der Waals surface area (Å²) in [6.45, 7) is 6.80. The first-order valence-corrected chi connectivity index (χ1v) is 5.83. The average molecular weight is 208 g/mol. The van der Waals surface area contributed by atoms with Crippen molar-refractivity contribution in [3.63, 3.8) is 0 Å². The van der Waals surface area contributed by atoms with Crippen molar-refractivity contribution >= 4 is 5.91 Å². The van der Waals surface area contributed by atoms with Gasteiger partial charge in [-0.25, -0.2) is 0 Å². The smallest absolute Gasteiger partial charge is 0.243 e. The highest BCUT2D eigenvalue weighted by atomic mass is 16.2. The molecule has 1 unspecified atom stereocenters. The van der Waals surface area contributed by atoms with Crippen LogP contribution in [0.3, 0.4) is 0 Å². The molecule has 1 amide bonds. The van der Waals surface area contributed by atoms with Gasteiger partial charge in [0.15, 0.2) is 0 Å². The first-order chi connectivity index (χ1) is 7.11. The van der Waals surface area contributed by atoms with Crippen LogP contribution in [0.4, 0.5) is 0 Å². The summed E-state index contributed by atoms with van der Waals surface area (Å²) < 4.78 is 0. The summed E-state index contributed by atoms with van der Waals surface area (Å²) in [6, 6.07) is 2.46. The molecule has 0 aromatic heterocycles. The third-order valence-electron chi connectivity index (χ3n) is 3.55. The second kappa shape index (κ2) is 4.65. The predicted molar refractivity (Wildman–Crippen MR) is 59.0 cm³/mol. The summed E-state index contributed by atoms with van der Waals surface area (Å²) in [4.78, 5) is 14.1. The highest BCUT2D eigenvalue weighted by molar-refractivity contribution is 5.86. The SMILES string of the molecule is CCC(C)N(CC)C(=O)C1(C#N)CCC1. The summed E-state index contributed by atoms with van der Waals surface area (Å²) in [5, 5.41) is 9.11. The molecule has 0 saturated heterocycles. The van der Waals surface area contributed by atoms with E-state index in [1.807, 2.05) is 18.7 Å². The van der Waals surface area contributed by atoms with E-state index in [9.17, 15) is 4.79 Å². The minimum atomic E-state index is -0.681. The molecule has 0 heterocycles. The molecule has 1 aliphatic carbocycles. The van der Waals surface area contributed by atoms with Crippen molar-refractivity contribution in [2.24, 2.45) is 5.41 Å². The zero-order valence-corrected chi connectivity index (χ0v) is 9.92. The summed E-state index contributed by atoms with van der Waals surface area (Å²) in [7, 11) is 0. The topological polar surface area (TPSA) is 44.1 Å².